The second kappa shape index (κ2) is 4.39. The first-order chi connectivity index (χ1) is 10.1. The minimum absolute atomic E-state index is 0.0141. The first kappa shape index (κ1) is 13.5. The highest BCUT2D eigenvalue weighted by Crippen LogP contribution is 2.51. The molecule has 3 atom stereocenters. The monoisotopic (exact) mass is 308 g/mol. The zero-order chi connectivity index (χ0) is 14.7. The average Bonchev–Trinajstić information content (AvgIpc) is 3.19. The van der Waals surface area contributed by atoms with Gasteiger partial charge in [-0.2, -0.15) is 0 Å². The van der Waals surface area contributed by atoms with Crippen LogP contribution in [0.3, 0.4) is 0 Å². The van der Waals surface area contributed by atoms with Crippen molar-refractivity contribution in [1.82, 2.24) is 0 Å². The van der Waals surface area contributed by atoms with Gasteiger partial charge in [0.2, 0.25) is 15.6 Å². The number of rotatable bonds is 2. The van der Waals surface area contributed by atoms with E-state index < -0.39 is 21.7 Å². The number of sulfone groups is 1. The third-order valence-electron chi connectivity index (χ3n) is 4.48. The van der Waals surface area contributed by atoms with Crippen LogP contribution in [0, 0.1) is 5.92 Å². The summed E-state index contributed by atoms with van der Waals surface area (Å²) in [5.74, 6) is -0.962. The van der Waals surface area contributed by atoms with Crippen LogP contribution in [-0.4, -0.2) is 39.6 Å². The maximum Gasteiger partial charge on any atom is 0.205 e. The predicted octanol–water partition coefficient (Wildman–Crippen LogP) is 1.50. The fraction of sp³-hybridized carbons (Fsp3) is 0.467. The Kier molecular flexibility index (Phi) is 2.81. The van der Waals surface area contributed by atoms with E-state index in [-0.39, 0.29) is 21.8 Å². The topological polar surface area (TPSA) is 61.8 Å². The molecule has 1 aromatic rings. The quantitative estimate of drug-likeness (QED) is 0.828. The van der Waals surface area contributed by atoms with E-state index in [2.05, 4.69) is 0 Å². The van der Waals surface area contributed by atoms with E-state index in [0.717, 1.165) is 0 Å². The van der Waals surface area contributed by atoms with Gasteiger partial charge in [-0.15, -0.1) is 0 Å². The number of hydrogen-bond acceptors (Lipinski definition) is 5. The summed E-state index contributed by atoms with van der Waals surface area (Å²) in [5, 5.41) is 0. The van der Waals surface area contributed by atoms with Crippen LogP contribution >= 0.6 is 0 Å². The van der Waals surface area contributed by atoms with E-state index in [1.54, 1.807) is 36.4 Å². The standard InChI is InChI=1S/C15H16O5S/c1-10-12-9-13(14(20-12)15(10)18-7-8-19-15)21(16,17)11-5-3-2-4-6-11/h2-6,9-10,12,14H,7-8H2,1H3/t10-,12-,14+/m0/s1. The molecule has 3 heterocycles. The summed E-state index contributed by atoms with van der Waals surface area (Å²) in [5.41, 5.74) is 0. The van der Waals surface area contributed by atoms with Gasteiger partial charge < -0.3 is 14.2 Å². The minimum Gasteiger partial charge on any atom is -0.359 e. The van der Waals surface area contributed by atoms with Crippen molar-refractivity contribution < 1.29 is 22.6 Å². The zero-order valence-electron chi connectivity index (χ0n) is 11.6. The van der Waals surface area contributed by atoms with E-state index in [1.165, 1.54) is 0 Å². The van der Waals surface area contributed by atoms with Crippen molar-refractivity contribution in [1.29, 1.82) is 0 Å². The molecule has 6 heteroatoms. The molecule has 112 valence electrons. The van der Waals surface area contributed by atoms with E-state index in [0.29, 0.717) is 13.2 Å². The summed E-state index contributed by atoms with van der Waals surface area (Å²) in [4.78, 5) is 0.534. The SMILES string of the molecule is C[C@H]1[C@@H]2C=C(S(=O)(=O)c3ccccc3)[C@@H](O2)C12OCCO2. The Morgan fingerprint density at radius 1 is 1.14 bits per heavy atom. The van der Waals surface area contributed by atoms with Crippen molar-refractivity contribution in [3.05, 3.63) is 41.3 Å². The van der Waals surface area contributed by atoms with Crippen molar-refractivity contribution in [3.63, 3.8) is 0 Å². The summed E-state index contributed by atoms with van der Waals surface area (Å²) >= 11 is 0. The molecule has 0 amide bonds. The van der Waals surface area contributed by atoms with Gasteiger partial charge in [0.1, 0.15) is 6.10 Å². The van der Waals surface area contributed by atoms with Crippen molar-refractivity contribution in [2.75, 3.05) is 13.2 Å². The lowest BCUT2D eigenvalue weighted by Gasteiger charge is -2.34. The number of benzene rings is 1. The van der Waals surface area contributed by atoms with Crippen LogP contribution in [0.5, 0.6) is 0 Å². The van der Waals surface area contributed by atoms with Gasteiger partial charge in [-0.3, -0.25) is 0 Å². The predicted molar refractivity (Wildman–Crippen MR) is 74.2 cm³/mol. The summed E-state index contributed by atoms with van der Waals surface area (Å²) in [6.07, 6.45) is 0.750. The second-order valence-electron chi connectivity index (χ2n) is 5.57. The van der Waals surface area contributed by atoms with Crippen LogP contribution < -0.4 is 0 Å². The molecule has 2 bridgehead atoms. The average molecular weight is 308 g/mol. The molecule has 3 aliphatic rings. The van der Waals surface area contributed by atoms with Gasteiger partial charge in [-0.05, 0) is 18.2 Å². The summed E-state index contributed by atoms with van der Waals surface area (Å²) < 4.78 is 43.0. The van der Waals surface area contributed by atoms with Gasteiger partial charge >= 0.3 is 0 Å². The third kappa shape index (κ3) is 1.70. The van der Waals surface area contributed by atoms with Gasteiger partial charge in [0.05, 0.1) is 29.1 Å². The summed E-state index contributed by atoms with van der Waals surface area (Å²) in [7, 11) is -3.58. The largest absolute Gasteiger partial charge is 0.359 e. The maximum absolute atomic E-state index is 12.8. The Balaban J connectivity index is 1.78. The zero-order valence-corrected chi connectivity index (χ0v) is 12.4. The van der Waals surface area contributed by atoms with Gasteiger partial charge in [0, 0.05) is 5.92 Å². The van der Waals surface area contributed by atoms with Gasteiger partial charge in [-0.1, -0.05) is 25.1 Å². The lowest BCUT2D eigenvalue weighted by Crippen LogP contribution is -2.48. The van der Waals surface area contributed by atoms with E-state index >= 15 is 0 Å². The van der Waals surface area contributed by atoms with Crippen LogP contribution in [0.15, 0.2) is 46.2 Å². The first-order valence-corrected chi connectivity index (χ1v) is 8.49. The Hall–Kier alpha value is -1.21. The van der Waals surface area contributed by atoms with E-state index in [9.17, 15) is 8.42 Å². The molecule has 5 nitrogen and oxygen atoms in total. The Labute approximate surface area is 123 Å². The van der Waals surface area contributed by atoms with Gasteiger partial charge in [0.25, 0.3) is 0 Å². The van der Waals surface area contributed by atoms with Crippen LogP contribution in [0.1, 0.15) is 6.92 Å². The Morgan fingerprint density at radius 3 is 2.43 bits per heavy atom. The number of fused-ring (bicyclic) bond motifs is 3. The molecule has 1 spiro atoms. The molecule has 21 heavy (non-hydrogen) atoms. The number of hydrogen-bond donors (Lipinski definition) is 0. The number of ether oxygens (including phenoxy) is 3. The first-order valence-electron chi connectivity index (χ1n) is 7.01. The van der Waals surface area contributed by atoms with Crippen molar-refractivity contribution in [2.45, 2.75) is 29.8 Å². The highest BCUT2D eigenvalue weighted by molar-refractivity contribution is 7.95. The molecule has 0 saturated carbocycles. The molecular formula is C15H16O5S. The minimum atomic E-state index is -3.58. The van der Waals surface area contributed by atoms with Crippen LogP contribution in [0.2, 0.25) is 0 Å². The molecule has 1 aromatic carbocycles. The van der Waals surface area contributed by atoms with E-state index in [4.69, 9.17) is 14.2 Å². The molecule has 4 rings (SSSR count). The smallest absolute Gasteiger partial charge is 0.205 e. The molecule has 0 aromatic heterocycles. The lowest BCUT2D eigenvalue weighted by atomic mass is 9.89. The maximum atomic E-state index is 12.8. The molecule has 0 unspecified atom stereocenters. The van der Waals surface area contributed by atoms with Gasteiger partial charge in [0.15, 0.2) is 0 Å². The van der Waals surface area contributed by atoms with Crippen LogP contribution in [0.4, 0.5) is 0 Å². The second-order valence-corrected chi connectivity index (χ2v) is 7.52. The molecule has 0 radical (unpaired) electrons. The fourth-order valence-corrected chi connectivity index (χ4v) is 4.96. The molecular weight excluding hydrogens is 292 g/mol. The third-order valence-corrected chi connectivity index (χ3v) is 6.34. The lowest BCUT2D eigenvalue weighted by molar-refractivity contribution is -0.196. The highest BCUT2D eigenvalue weighted by Gasteiger charge is 2.64. The van der Waals surface area contributed by atoms with Crippen molar-refractivity contribution in [2.24, 2.45) is 5.92 Å². The van der Waals surface area contributed by atoms with Crippen molar-refractivity contribution in [3.8, 4) is 0 Å². The summed E-state index contributed by atoms with van der Waals surface area (Å²) in [6.45, 7) is 2.91. The molecule has 3 aliphatic heterocycles. The molecule has 0 N–H and O–H groups in total. The van der Waals surface area contributed by atoms with Crippen LogP contribution in [-0.2, 0) is 24.0 Å². The normalized spacial score (nSPS) is 33.6. The van der Waals surface area contributed by atoms with Crippen LogP contribution in [0.25, 0.3) is 0 Å². The Morgan fingerprint density at radius 2 is 1.81 bits per heavy atom. The molecule has 0 aliphatic carbocycles. The molecule has 2 saturated heterocycles. The van der Waals surface area contributed by atoms with Crippen molar-refractivity contribution >= 4 is 9.84 Å². The molecule has 2 fully saturated rings. The summed E-state index contributed by atoms with van der Waals surface area (Å²) in [6, 6.07) is 8.39. The highest BCUT2D eigenvalue weighted by atomic mass is 32.2. The van der Waals surface area contributed by atoms with E-state index in [1.807, 2.05) is 6.92 Å². The fourth-order valence-electron chi connectivity index (χ4n) is 3.36. The van der Waals surface area contributed by atoms with Gasteiger partial charge in [-0.25, -0.2) is 8.42 Å². The Bertz CT molecular complexity index is 688.